The lowest BCUT2D eigenvalue weighted by molar-refractivity contribution is -0.139. The Balaban J connectivity index is 1.46. The van der Waals surface area contributed by atoms with Crippen LogP contribution in [0.4, 0.5) is 9.18 Å². The molecule has 2 fully saturated rings. The predicted octanol–water partition coefficient (Wildman–Crippen LogP) is 3.13. The number of nitrogens with one attached hydrogen (secondary N) is 1. The Morgan fingerprint density at radius 2 is 2.12 bits per heavy atom. The maximum absolute atomic E-state index is 14.5. The van der Waals surface area contributed by atoms with Gasteiger partial charge in [0.1, 0.15) is 11.9 Å². The number of ether oxygens (including phenoxy) is 1. The lowest BCUT2D eigenvalue weighted by atomic mass is 9.95. The molecule has 1 aromatic carbocycles. The van der Waals surface area contributed by atoms with Crippen LogP contribution in [0.3, 0.4) is 0 Å². The number of hydrogen-bond donors (Lipinski definition) is 2. The van der Waals surface area contributed by atoms with Crippen LogP contribution in [0.25, 0.3) is 0 Å². The van der Waals surface area contributed by atoms with E-state index >= 15 is 0 Å². The van der Waals surface area contributed by atoms with Crippen molar-refractivity contribution in [2.75, 3.05) is 39.3 Å². The lowest BCUT2D eigenvalue weighted by Gasteiger charge is -2.38. The fraction of sp³-hybridized carbons (Fsp3) is 0.444. The average Bonchev–Trinajstić information content (AvgIpc) is 3.58. The third kappa shape index (κ3) is 5.92. The van der Waals surface area contributed by atoms with E-state index in [1.54, 1.807) is 41.3 Å². The van der Waals surface area contributed by atoms with E-state index in [2.05, 4.69) is 15.2 Å². The topological polar surface area (TPSA) is 128 Å². The molecular weight excluding hydrogens is 575 g/mol. The minimum absolute atomic E-state index is 0.126. The second-order valence-electron chi connectivity index (χ2n) is 10.1. The summed E-state index contributed by atoms with van der Waals surface area (Å²) < 4.78 is 20.0. The molecule has 3 atom stereocenters. The molecule has 2 aromatic rings. The fourth-order valence-electron chi connectivity index (χ4n) is 5.47. The van der Waals surface area contributed by atoms with Crippen LogP contribution < -0.4 is 5.32 Å². The molecule has 11 nitrogen and oxygen atoms in total. The number of urea groups is 1. The Hall–Kier alpha value is -3.55. The number of fused-ring (bicyclic) bond motifs is 1. The summed E-state index contributed by atoms with van der Waals surface area (Å²) >= 11 is 7.76. The molecule has 0 bridgehead atoms. The maximum Gasteiger partial charge on any atom is 0.338 e. The number of aromatic nitrogens is 1. The maximum atomic E-state index is 14.5. The zero-order valence-electron chi connectivity index (χ0n) is 22.5. The average molecular weight is 605 g/mol. The highest BCUT2D eigenvalue weighted by Gasteiger charge is 2.43. The third-order valence-corrected chi connectivity index (χ3v) is 8.56. The van der Waals surface area contributed by atoms with E-state index in [1.165, 1.54) is 23.5 Å². The minimum Gasteiger partial charge on any atom is -0.481 e. The van der Waals surface area contributed by atoms with Gasteiger partial charge in [0.2, 0.25) is 0 Å². The van der Waals surface area contributed by atoms with E-state index in [-0.39, 0.29) is 35.7 Å². The van der Waals surface area contributed by atoms with Crippen molar-refractivity contribution in [1.82, 2.24) is 25.0 Å². The first kappa shape index (κ1) is 29.0. The number of aliphatic imine (C=N–C) groups is 1. The molecule has 0 saturated carbocycles. The smallest absolute Gasteiger partial charge is 0.338 e. The highest BCUT2D eigenvalue weighted by Crippen LogP contribution is 2.37. The van der Waals surface area contributed by atoms with E-state index in [1.807, 2.05) is 0 Å². The summed E-state index contributed by atoms with van der Waals surface area (Å²) in [7, 11) is 0. The number of piperazine rings is 1. The molecule has 0 unspecified atom stereocenters. The zero-order chi connectivity index (χ0) is 29.3. The molecule has 14 heteroatoms. The lowest BCUT2D eigenvalue weighted by Crippen LogP contribution is -2.53. The molecule has 2 N–H and O–H groups in total. The molecule has 1 aromatic heterocycles. The van der Waals surface area contributed by atoms with Gasteiger partial charge >= 0.3 is 18.0 Å². The molecule has 3 aliphatic rings. The van der Waals surface area contributed by atoms with Crippen LogP contribution in [0.15, 0.2) is 46.0 Å². The van der Waals surface area contributed by atoms with Gasteiger partial charge in [-0.05, 0) is 19.9 Å². The number of halogens is 2. The van der Waals surface area contributed by atoms with Gasteiger partial charge in [-0.25, -0.2) is 19.0 Å². The van der Waals surface area contributed by atoms with Crippen molar-refractivity contribution in [2.24, 2.45) is 4.99 Å². The van der Waals surface area contributed by atoms with E-state index in [0.717, 1.165) is 0 Å². The van der Waals surface area contributed by atoms with E-state index < -0.39 is 29.8 Å². The number of amidine groups is 1. The zero-order valence-corrected chi connectivity index (χ0v) is 24.1. The van der Waals surface area contributed by atoms with Crippen LogP contribution in [0.2, 0.25) is 5.02 Å². The van der Waals surface area contributed by atoms with Gasteiger partial charge in [0.05, 0.1) is 29.7 Å². The number of thiazole rings is 1. The molecule has 218 valence electrons. The van der Waals surface area contributed by atoms with Crippen molar-refractivity contribution >= 4 is 46.7 Å². The summed E-state index contributed by atoms with van der Waals surface area (Å²) in [6, 6.07) is 2.74. The van der Waals surface area contributed by atoms with Crippen LogP contribution in [-0.2, 0) is 14.3 Å². The number of amides is 2. The molecule has 2 amide bonds. The van der Waals surface area contributed by atoms with Gasteiger partial charge in [-0.2, -0.15) is 0 Å². The van der Waals surface area contributed by atoms with Crippen molar-refractivity contribution in [1.29, 1.82) is 0 Å². The number of hydrogen-bond acceptors (Lipinski definition) is 9. The molecule has 41 heavy (non-hydrogen) atoms. The Kier molecular flexibility index (Phi) is 8.57. The Morgan fingerprint density at radius 3 is 2.83 bits per heavy atom. The van der Waals surface area contributed by atoms with E-state index in [9.17, 15) is 23.9 Å². The highest BCUT2D eigenvalue weighted by atomic mass is 35.5. The molecule has 4 heterocycles. The molecular formula is C27H30ClFN6O5S. The van der Waals surface area contributed by atoms with Crippen molar-refractivity contribution < 1.29 is 28.6 Å². The van der Waals surface area contributed by atoms with Crippen LogP contribution in [0, 0.1) is 5.82 Å². The quantitative estimate of drug-likeness (QED) is 0.418. The number of nitrogens with zero attached hydrogens (tertiary/aromatic N) is 5. The van der Waals surface area contributed by atoms with Crippen LogP contribution in [0.1, 0.15) is 36.9 Å². The summed E-state index contributed by atoms with van der Waals surface area (Å²) in [5.74, 6) is -1.74. The number of carboxylic acid groups (broad SMARTS) is 1. The van der Waals surface area contributed by atoms with Crippen molar-refractivity contribution in [3.63, 3.8) is 0 Å². The molecule has 0 radical (unpaired) electrons. The van der Waals surface area contributed by atoms with Crippen molar-refractivity contribution in [3.05, 3.63) is 62.5 Å². The van der Waals surface area contributed by atoms with Gasteiger partial charge in [0.15, 0.2) is 10.8 Å². The van der Waals surface area contributed by atoms with Crippen molar-refractivity contribution in [2.45, 2.75) is 38.4 Å². The second kappa shape index (κ2) is 12.1. The molecule has 2 saturated heterocycles. The highest BCUT2D eigenvalue weighted by molar-refractivity contribution is 7.11. The summed E-state index contributed by atoms with van der Waals surface area (Å²) in [6.07, 6.45) is 1.52. The van der Waals surface area contributed by atoms with Crippen LogP contribution in [-0.4, -0.2) is 100 Å². The van der Waals surface area contributed by atoms with Gasteiger partial charge < -0.3 is 25.0 Å². The number of esters is 1. The first-order valence-electron chi connectivity index (χ1n) is 13.3. The largest absolute Gasteiger partial charge is 0.481 e. The van der Waals surface area contributed by atoms with Gasteiger partial charge in [0.25, 0.3) is 0 Å². The summed E-state index contributed by atoms with van der Waals surface area (Å²) in [4.78, 5) is 52.2. The number of benzene rings is 1. The Bertz CT molecular complexity index is 1400. The molecule has 5 rings (SSSR count). The summed E-state index contributed by atoms with van der Waals surface area (Å²) in [5, 5.41) is 14.8. The fourth-order valence-corrected chi connectivity index (χ4v) is 6.29. The number of carboxylic acids is 1. The number of rotatable bonds is 9. The molecule has 3 aliphatic heterocycles. The van der Waals surface area contributed by atoms with Crippen molar-refractivity contribution in [3.8, 4) is 0 Å². The molecule has 0 spiro atoms. The summed E-state index contributed by atoms with van der Waals surface area (Å²) in [6.45, 7) is 5.78. The predicted molar refractivity (Wildman–Crippen MR) is 150 cm³/mol. The minimum atomic E-state index is -0.954. The normalized spacial score (nSPS) is 21.9. The third-order valence-electron chi connectivity index (χ3n) is 7.38. The number of carbonyl (C=O) groups excluding carboxylic acids is 2. The first-order valence-corrected chi connectivity index (χ1v) is 14.5. The number of carbonyl (C=O) groups is 3. The van der Waals surface area contributed by atoms with Gasteiger partial charge in [-0.1, -0.05) is 23.7 Å². The second-order valence-corrected chi connectivity index (χ2v) is 11.3. The standard InChI is InChI=1S/C27H30ClFN6O5S/c1-3-40-26(38)21-19(14-33-8-9-34-16(12-33)13-35(27(34)39)15(2)11-20(36)37)31-24(25-30-7-10-41-25)32-23(21)17-5-4-6-18(29)22(17)28/h4-7,10,15-16,23H,3,8-9,11-14H2,1-2H3,(H,31,32)(H,36,37)/t15-,16-,23-/m0/s1. The first-order chi connectivity index (χ1) is 19.7. The van der Waals surface area contributed by atoms with E-state index in [4.69, 9.17) is 21.3 Å². The van der Waals surface area contributed by atoms with E-state index in [0.29, 0.717) is 54.8 Å². The molecule has 0 aliphatic carbocycles. The Labute approximate surface area is 245 Å². The van der Waals surface area contributed by atoms with Gasteiger partial charge in [0, 0.05) is 61.6 Å². The van der Waals surface area contributed by atoms with Gasteiger partial charge in [-0.3, -0.25) is 14.7 Å². The monoisotopic (exact) mass is 604 g/mol. The Morgan fingerprint density at radius 1 is 1.32 bits per heavy atom. The number of aliphatic carboxylic acids is 1. The van der Waals surface area contributed by atoms with Crippen LogP contribution in [0.5, 0.6) is 0 Å². The SMILES string of the molecule is CCOC(=O)C1=C(CN2CCN3C(=O)N([C@@H](C)CC(=O)O)C[C@@H]3C2)NC(c2nccs2)=N[C@H]1c1cccc(F)c1Cl. The summed E-state index contributed by atoms with van der Waals surface area (Å²) in [5.41, 5.74) is 1.08. The van der Waals surface area contributed by atoms with Gasteiger partial charge in [-0.15, -0.1) is 11.3 Å². The van der Waals surface area contributed by atoms with Crippen LogP contribution >= 0.6 is 22.9 Å².